The second-order valence-electron chi connectivity index (χ2n) is 3.80. The zero-order valence-electron chi connectivity index (χ0n) is 10.3. The second-order valence-corrected chi connectivity index (χ2v) is 3.80. The van der Waals surface area contributed by atoms with Crippen LogP contribution in [0.2, 0.25) is 0 Å². The van der Waals surface area contributed by atoms with Crippen molar-refractivity contribution in [2.45, 2.75) is 20.8 Å². The molecule has 0 aromatic carbocycles. The molecule has 0 saturated carbocycles. The van der Waals surface area contributed by atoms with Crippen molar-refractivity contribution in [3.05, 3.63) is 0 Å². The van der Waals surface area contributed by atoms with E-state index in [-0.39, 0.29) is 18.6 Å². The van der Waals surface area contributed by atoms with Crippen LogP contribution >= 0.6 is 0 Å². The second kappa shape index (κ2) is 11.0. The number of amides is 2. The minimum absolute atomic E-state index is 0.0567. The molecule has 104 valence electrons. The van der Waals surface area contributed by atoms with Gasteiger partial charge >= 0.3 is 12.2 Å². The molecule has 17 heavy (non-hydrogen) atoms. The lowest BCUT2D eigenvalue weighted by Crippen LogP contribution is -2.31. The van der Waals surface area contributed by atoms with Gasteiger partial charge in [-0.15, -0.1) is 0 Å². The number of aliphatic hydroxyl groups is 2. The molecule has 2 amide bonds. The summed E-state index contributed by atoms with van der Waals surface area (Å²) in [5.74, 6) is 0.326. The summed E-state index contributed by atoms with van der Waals surface area (Å²) in [6.45, 7) is 5.97. The number of carboxylic acid groups (broad SMARTS) is 2. The SMILES string of the molecule is CC(C)C(C)(CO)CO.NC(=O)O.NC(=O)O. The van der Waals surface area contributed by atoms with Gasteiger partial charge in [0, 0.05) is 5.41 Å². The van der Waals surface area contributed by atoms with Gasteiger partial charge in [0.05, 0.1) is 13.2 Å². The van der Waals surface area contributed by atoms with Gasteiger partial charge in [0.2, 0.25) is 0 Å². The van der Waals surface area contributed by atoms with Gasteiger partial charge in [-0.1, -0.05) is 20.8 Å². The lowest BCUT2D eigenvalue weighted by atomic mass is 9.81. The average molecular weight is 254 g/mol. The van der Waals surface area contributed by atoms with E-state index in [1.807, 2.05) is 20.8 Å². The Morgan fingerprint density at radius 2 is 1.24 bits per heavy atom. The number of nitrogens with two attached hydrogens (primary N) is 2. The Morgan fingerprint density at radius 1 is 1.06 bits per heavy atom. The van der Waals surface area contributed by atoms with Crippen molar-refractivity contribution in [3.8, 4) is 0 Å². The largest absolute Gasteiger partial charge is 0.465 e. The first kappa shape index (κ1) is 20.8. The van der Waals surface area contributed by atoms with Crippen molar-refractivity contribution in [1.29, 1.82) is 0 Å². The molecule has 0 unspecified atom stereocenters. The fourth-order valence-corrected chi connectivity index (χ4v) is 0.415. The van der Waals surface area contributed by atoms with Crippen molar-refractivity contribution in [2.75, 3.05) is 13.2 Å². The third kappa shape index (κ3) is 20.5. The molecule has 8 N–H and O–H groups in total. The molecular formula is C9H22N2O6. The highest BCUT2D eigenvalue weighted by molar-refractivity contribution is 5.61. The Balaban J connectivity index is -0.000000205. The van der Waals surface area contributed by atoms with Crippen LogP contribution in [0.15, 0.2) is 0 Å². The molecule has 0 atom stereocenters. The molecule has 8 nitrogen and oxygen atoms in total. The minimum atomic E-state index is -1.33. The van der Waals surface area contributed by atoms with Crippen LogP contribution in [0, 0.1) is 11.3 Å². The monoisotopic (exact) mass is 254 g/mol. The molecular weight excluding hydrogens is 232 g/mol. The van der Waals surface area contributed by atoms with Crippen molar-refractivity contribution in [1.82, 2.24) is 0 Å². The van der Waals surface area contributed by atoms with Crippen molar-refractivity contribution < 1.29 is 30.0 Å². The first-order valence-electron chi connectivity index (χ1n) is 4.72. The van der Waals surface area contributed by atoms with Gasteiger partial charge in [-0.25, -0.2) is 9.59 Å². The van der Waals surface area contributed by atoms with Gasteiger partial charge in [-0.2, -0.15) is 0 Å². The smallest absolute Gasteiger partial charge is 0.402 e. The van der Waals surface area contributed by atoms with Gasteiger partial charge in [-0.05, 0) is 5.92 Å². The van der Waals surface area contributed by atoms with Gasteiger partial charge in [0.15, 0.2) is 0 Å². The third-order valence-corrected chi connectivity index (χ3v) is 2.12. The lowest BCUT2D eigenvalue weighted by Gasteiger charge is -2.28. The summed E-state index contributed by atoms with van der Waals surface area (Å²) in [6, 6.07) is 0. The van der Waals surface area contributed by atoms with Gasteiger partial charge in [0.1, 0.15) is 0 Å². The molecule has 0 bridgehead atoms. The Kier molecular flexibility index (Phi) is 13.4. The lowest BCUT2D eigenvalue weighted by molar-refractivity contribution is 0.0322. The Hall–Kier alpha value is -1.54. The molecule has 0 radical (unpaired) electrons. The zero-order chi connectivity index (χ0) is 14.6. The minimum Gasteiger partial charge on any atom is -0.465 e. The summed E-state index contributed by atoms with van der Waals surface area (Å²) in [7, 11) is 0. The number of carbonyl (C=O) groups is 2. The zero-order valence-corrected chi connectivity index (χ0v) is 10.3. The summed E-state index contributed by atoms with van der Waals surface area (Å²) < 4.78 is 0. The highest BCUT2D eigenvalue weighted by Crippen LogP contribution is 2.24. The van der Waals surface area contributed by atoms with E-state index >= 15 is 0 Å². The van der Waals surface area contributed by atoms with E-state index in [4.69, 9.17) is 30.0 Å². The molecule has 0 saturated heterocycles. The van der Waals surface area contributed by atoms with Crippen LogP contribution in [0.1, 0.15) is 20.8 Å². The van der Waals surface area contributed by atoms with E-state index in [2.05, 4.69) is 11.5 Å². The van der Waals surface area contributed by atoms with Gasteiger partial charge < -0.3 is 31.9 Å². The van der Waals surface area contributed by atoms with Crippen LogP contribution in [0.25, 0.3) is 0 Å². The fourth-order valence-electron chi connectivity index (χ4n) is 0.415. The third-order valence-electron chi connectivity index (χ3n) is 2.12. The van der Waals surface area contributed by atoms with E-state index in [0.29, 0.717) is 5.92 Å². The van der Waals surface area contributed by atoms with Crippen LogP contribution in [-0.4, -0.2) is 45.8 Å². The Bertz CT molecular complexity index is 196. The summed E-state index contributed by atoms with van der Waals surface area (Å²) in [5.41, 5.74) is 7.75. The van der Waals surface area contributed by atoms with Crippen LogP contribution in [0.3, 0.4) is 0 Å². The molecule has 0 aliphatic rings. The highest BCUT2D eigenvalue weighted by Gasteiger charge is 2.25. The molecule has 0 aliphatic heterocycles. The number of aliphatic hydroxyl groups excluding tert-OH is 2. The number of rotatable bonds is 3. The predicted molar refractivity (Wildman–Crippen MR) is 61.5 cm³/mol. The maximum absolute atomic E-state index is 8.80. The van der Waals surface area contributed by atoms with Crippen LogP contribution < -0.4 is 11.5 Å². The molecule has 0 spiro atoms. The Morgan fingerprint density at radius 3 is 1.24 bits per heavy atom. The summed E-state index contributed by atoms with van der Waals surface area (Å²) in [6.07, 6.45) is -2.67. The molecule has 0 rings (SSSR count). The highest BCUT2D eigenvalue weighted by atomic mass is 16.4. The molecule has 0 aromatic heterocycles. The van der Waals surface area contributed by atoms with Crippen molar-refractivity contribution in [3.63, 3.8) is 0 Å². The summed E-state index contributed by atoms with van der Waals surface area (Å²) >= 11 is 0. The number of hydrogen-bond donors (Lipinski definition) is 6. The van der Waals surface area contributed by atoms with E-state index in [1.165, 1.54) is 0 Å². The standard InChI is InChI=1S/C7H16O2.2CH3NO2/c1-6(2)7(3,4-8)5-9;2*2-1(3)4/h6,8-9H,4-5H2,1-3H3;2*2H2,(H,3,4). The maximum Gasteiger partial charge on any atom is 0.402 e. The number of primary amides is 2. The molecule has 0 heterocycles. The Labute approximate surface area is 99.9 Å². The van der Waals surface area contributed by atoms with E-state index in [0.717, 1.165) is 0 Å². The van der Waals surface area contributed by atoms with Gasteiger partial charge in [-0.3, -0.25) is 0 Å². The van der Waals surface area contributed by atoms with E-state index in [1.54, 1.807) is 0 Å². The molecule has 0 aromatic rings. The maximum atomic E-state index is 8.80. The first-order valence-corrected chi connectivity index (χ1v) is 4.72. The van der Waals surface area contributed by atoms with Crippen LogP contribution in [-0.2, 0) is 0 Å². The van der Waals surface area contributed by atoms with Crippen molar-refractivity contribution >= 4 is 12.2 Å². The average Bonchev–Trinajstić information content (AvgIpc) is 2.14. The molecule has 8 heteroatoms. The normalized spacial score (nSPS) is 9.53. The number of hydrogen-bond acceptors (Lipinski definition) is 4. The fraction of sp³-hybridized carbons (Fsp3) is 0.778. The van der Waals surface area contributed by atoms with Gasteiger partial charge in [0.25, 0.3) is 0 Å². The van der Waals surface area contributed by atoms with E-state index < -0.39 is 12.2 Å². The molecule has 0 fully saturated rings. The van der Waals surface area contributed by atoms with E-state index in [9.17, 15) is 0 Å². The quantitative estimate of drug-likeness (QED) is 0.410. The topological polar surface area (TPSA) is 167 Å². The van der Waals surface area contributed by atoms with Crippen LogP contribution in [0.4, 0.5) is 9.59 Å². The molecule has 0 aliphatic carbocycles. The van der Waals surface area contributed by atoms with Crippen LogP contribution in [0.5, 0.6) is 0 Å². The summed E-state index contributed by atoms with van der Waals surface area (Å²) in [5, 5.41) is 32.0. The first-order chi connectivity index (χ1) is 7.53. The summed E-state index contributed by atoms with van der Waals surface area (Å²) in [4.78, 5) is 17.6. The van der Waals surface area contributed by atoms with Crippen molar-refractivity contribution in [2.24, 2.45) is 22.8 Å². The predicted octanol–water partition coefficient (Wildman–Crippen LogP) is -0.120.